The predicted molar refractivity (Wildman–Crippen MR) is 99.0 cm³/mol. The average molecular weight is 494 g/mol. The Morgan fingerprint density at radius 3 is 2.45 bits per heavy atom. The van der Waals surface area contributed by atoms with E-state index in [0.29, 0.717) is 5.41 Å². The van der Waals surface area contributed by atoms with Gasteiger partial charge in [0.25, 0.3) is 0 Å². The average Bonchev–Trinajstić information content (AvgIpc) is 2.37. The third-order valence-corrected chi connectivity index (χ3v) is 4.19. The van der Waals surface area contributed by atoms with Crippen LogP contribution in [0.25, 0.3) is 0 Å². The molecule has 0 fully saturated rings. The Balaban J connectivity index is 0.00000441. The second-order valence-electron chi connectivity index (χ2n) is 6.67. The Bertz CT molecular complexity index is 502. The summed E-state index contributed by atoms with van der Waals surface area (Å²) >= 11 is 0. The molecule has 0 amide bonds. The SMILES string of the molecule is CC(C=CC1=C(C)CCCC1(C)C)=CC=CC(C)=CCO.[Pb]. The molecule has 1 rings (SSSR count). The zero-order valence-electron chi connectivity index (χ0n) is 14.7. The summed E-state index contributed by atoms with van der Waals surface area (Å²) in [5.41, 5.74) is 5.66. The number of rotatable bonds is 5. The van der Waals surface area contributed by atoms with Crippen LogP contribution in [-0.2, 0) is 0 Å². The van der Waals surface area contributed by atoms with Gasteiger partial charge in [-0.3, -0.25) is 0 Å². The van der Waals surface area contributed by atoms with E-state index in [2.05, 4.69) is 45.9 Å². The van der Waals surface area contributed by atoms with Crippen LogP contribution in [0.3, 0.4) is 0 Å². The van der Waals surface area contributed by atoms with E-state index in [1.165, 1.54) is 36.0 Å². The van der Waals surface area contributed by atoms with Crippen molar-refractivity contribution in [3.8, 4) is 0 Å². The number of allylic oxidation sites excluding steroid dienone is 9. The number of aliphatic hydroxyl groups is 1. The van der Waals surface area contributed by atoms with Crippen LogP contribution in [0.2, 0.25) is 0 Å². The summed E-state index contributed by atoms with van der Waals surface area (Å²) in [7, 11) is 0. The Kier molecular flexibility index (Phi) is 10.2. The van der Waals surface area contributed by atoms with Gasteiger partial charge in [-0.05, 0) is 51.0 Å². The molecule has 0 bridgehead atoms. The van der Waals surface area contributed by atoms with Crippen LogP contribution in [0.1, 0.15) is 53.9 Å². The van der Waals surface area contributed by atoms with Crippen LogP contribution in [0.4, 0.5) is 0 Å². The van der Waals surface area contributed by atoms with Crippen LogP contribution in [0, 0.1) is 5.41 Å². The van der Waals surface area contributed by atoms with E-state index in [1.807, 2.05) is 19.1 Å². The minimum atomic E-state index is 0. The quantitative estimate of drug-likeness (QED) is 0.416. The maximum absolute atomic E-state index is 8.81. The maximum Gasteiger partial charge on any atom is 0.0617 e. The van der Waals surface area contributed by atoms with Crippen LogP contribution >= 0.6 is 0 Å². The Morgan fingerprint density at radius 2 is 1.86 bits per heavy atom. The smallest absolute Gasteiger partial charge is 0.0617 e. The Morgan fingerprint density at radius 1 is 1.18 bits per heavy atom. The van der Waals surface area contributed by atoms with Gasteiger partial charge in [-0.2, -0.15) is 0 Å². The second kappa shape index (κ2) is 10.4. The van der Waals surface area contributed by atoms with Crippen molar-refractivity contribution in [3.63, 3.8) is 0 Å². The van der Waals surface area contributed by atoms with Gasteiger partial charge >= 0.3 is 0 Å². The molecule has 4 radical (unpaired) electrons. The third-order valence-electron chi connectivity index (χ3n) is 4.19. The largest absolute Gasteiger partial charge is 0.392 e. The molecule has 0 atom stereocenters. The topological polar surface area (TPSA) is 20.2 Å². The molecule has 0 saturated heterocycles. The van der Waals surface area contributed by atoms with Gasteiger partial charge in [0.15, 0.2) is 0 Å². The van der Waals surface area contributed by atoms with Crippen LogP contribution in [0.15, 0.2) is 58.7 Å². The van der Waals surface area contributed by atoms with Gasteiger partial charge < -0.3 is 5.11 Å². The van der Waals surface area contributed by atoms with Gasteiger partial charge in [0, 0.05) is 27.3 Å². The minimum Gasteiger partial charge on any atom is -0.392 e. The Hall–Kier alpha value is -0.418. The fourth-order valence-electron chi connectivity index (χ4n) is 2.84. The molecule has 0 aliphatic heterocycles. The Labute approximate surface area is 156 Å². The third kappa shape index (κ3) is 7.23. The molecular formula is C20H30OPb. The number of hydrogen-bond acceptors (Lipinski definition) is 1. The van der Waals surface area contributed by atoms with Gasteiger partial charge in [-0.25, -0.2) is 0 Å². The molecule has 1 aliphatic carbocycles. The van der Waals surface area contributed by atoms with Crippen molar-refractivity contribution < 1.29 is 5.11 Å². The molecule has 1 aliphatic rings. The first-order chi connectivity index (χ1) is 9.86. The normalized spacial score (nSPS) is 19.9. The maximum atomic E-state index is 8.81. The summed E-state index contributed by atoms with van der Waals surface area (Å²) in [6.07, 6.45) is 16.3. The van der Waals surface area contributed by atoms with Crippen LogP contribution in [0.5, 0.6) is 0 Å². The fourth-order valence-corrected chi connectivity index (χ4v) is 2.84. The van der Waals surface area contributed by atoms with Gasteiger partial charge in [-0.1, -0.05) is 67.0 Å². The number of hydrogen-bond donors (Lipinski definition) is 1. The van der Waals surface area contributed by atoms with E-state index in [4.69, 9.17) is 5.11 Å². The second-order valence-corrected chi connectivity index (χ2v) is 6.67. The van der Waals surface area contributed by atoms with Crippen molar-refractivity contribution in [2.45, 2.75) is 53.9 Å². The number of aliphatic hydroxyl groups excluding tert-OH is 1. The van der Waals surface area contributed by atoms with E-state index in [9.17, 15) is 0 Å². The van der Waals surface area contributed by atoms with Crippen molar-refractivity contribution in [2.24, 2.45) is 5.41 Å². The summed E-state index contributed by atoms with van der Waals surface area (Å²) in [5.74, 6) is 0. The van der Waals surface area contributed by atoms with Gasteiger partial charge in [0.2, 0.25) is 0 Å². The van der Waals surface area contributed by atoms with E-state index in [-0.39, 0.29) is 33.9 Å². The summed E-state index contributed by atoms with van der Waals surface area (Å²) in [6, 6.07) is 0. The zero-order chi connectivity index (χ0) is 15.9. The van der Waals surface area contributed by atoms with E-state index in [1.54, 1.807) is 6.08 Å². The molecule has 0 unspecified atom stereocenters. The van der Waals surface area contributed by atoms with Crippen molar-refractivity contribution in [2.75, 3.05) is 6.61 Å². The van der Waals surface area contributed by atoms with E-state index in [0.717, 1.165) is 5.57 Å². The van der Waals surface area contributed by atoms with Crippen LogP contribution < -0.4 is 0 Å². The molecule has 0 saturated carbocycles. The van der Waals surface area contributed by atoms with Gasteiger partial charge in [0.1, 0.15) is 0 Å². The molecule has 1 nitrogen and oxygen atoms in total. The summed E-state index contributed by atoms with van der Waals surface area (Å²) in [5, 5.41) is 8.81. The van der Waals surface area contributed by atoms with Gasteiger partial charge in [0.05, 0.1) is 6.61 Å². The zero-order valence-corrected chi connectivity index (χ0v) is 18.6. The van der Waals surface area contributed by atoms with E-state index < -0.39 is 0 Å². The van der Waals surface area contributed by atoms with Crippen molar-refractivity contribution in [3.05, 3.63) is 58.7 Å². The summed E-state index contributed by atoms with van der Waals surface area (Å²) in [4.78, 5) is 0. The molecule has 120 valence electrons. The molecule has 0 aromatic heterocycles. The molecule has 0 spiro atoms. The van der Waals surface area contributed by atoms with Crippen molar-refractivity contribution in [1.82, 2.24) is 0 Å². The van der Waals surface area contributed by atoms with Crippen molar-refractivity contribution >= 4 is 27.3 Å². The first-order valence-electron chi connectivity index (χ1n) is 7.87. The molecule has 22 heavy (non-hydrogen) atoms. The van der Waals surface area contributed by atoms with Gasteiger partial charge in [-0.15, -0.1) is 0 Å². The first kappa shape index (κ1) is 21.6. The fraction of sp³-hybridized carbons (Fsp3) is 0.500. The van der Waals surface area contributed by atoms with E-state index >= 15 is 0 Å². The summed E-state index contributed by atoms with van der Waals surface area (Å²) < 4.78 is 0. The molecule has 0 aromatic rings. The molecule has 0 heterocycles. The molecule has 0 aromatic carbocycles. The van der Waals surface area contributed by atoms with Crippen LogP contribution in [-0.4, -0.2) is 39.0 Å². The van der Waals surface area contributed by atoms with Crippen molar-refractivity contribution in [1.29, 1.82) is 0 Å². The minimum absolute atomic E-state index is 0. The monoisotopic (exact) mass is 494 g/mol. The molecular weight excluding hydrogens is 463 g/mol. The standard InChI is InChI=1S/C20H30O.Pb/c1-16(8-6-9-17(2)13-15-21)11-12-19-18(3)10-7-14-20(19,4)5;/h6,8-9,11-13,21H,7,10,14-15H2,1-5H3;. The summed E-state index contributed by atoms with van der Waals surface area (Å²) in [6.45, 7) is 11.2. The molecule has 1 N–H and O–H groups in total. The predicted octanol–water partition coefficient (Wildman–Crippen LogP) is 5.13. The molecule has 2 heteroatoms. The first-order valence-corrected chi connectivity index (χ1v) is 7.87.